The zero-order valence-corrected chi connectivity index (χ0v) is 8.33. The van der Waals surface area contributed by atoms with E-state index in [4.69, 9.17) is 0 Å². The smallest absolute Gasteiger partial charge is 0.360 e. The third-order valence-corrected chi connectivity index (χ3v) is 2.33. The minimum atomic E-state index is -4.78. The zero-order valence-electron chi connectivity index (χ0n) is 7.51. The maximum Gasteiger partial charge on any atom is 0.440 e. The van der Waals surface area contributed by atoms with Crippen LogP contribution in [-0.2, 0) is 0 Å². The lowest BCUT2D eigenvalue weighted by atomic mass is 10.1. The lowest BCUT2D eigenvalue weighted by molar-refractivity contribution is -0.277. The summed E-state index contributed by atoms with van der Waals surface area (Å²) in [6.45, 7) is 1.40. The van der Waals surface area contributed by atoms with Crippen molar-refractivity contribution in [3.63, 3.8) is 0 Å². The molecule has 0 radical (unpaired) electrons. The highest BCUT2D eigenvalue weighted by molar-refractivity contribution is 7.80. The first-order valence-electron chi connectivity index (χ1n) is 3.72. The molecule has 1 atom stereocenters. The number of allylic oxidation sites excluding steroid dienone is 1. The monoisotopic (exact) mass is 226 g/mol. The normalized spacial score (nSPS) is 28.6. The van der Waals surface area contributed by atoms with E-state index in [1.165, 1.54) is 6.92 Å². The fourth-order valence-electron chi connectivity index (χ4n) is 1.11. The van der Waals surface area contributed by atoms with Crippen molar-refractivity contribution in [3.05, 3.63) is 11.8 Å². The van der Waals surface area contributed by atoms with Crippen molar-refractivity contribution >= 4 is 17.3 Å². The Kier molecular flexibility index (Phi) is 2.49. The van der Waals surface area contributed by atoms with Crippen LogP contribution >= 0.6 is 12.2 Å². The first-order valence-corrected chi connectivity index (χ1v) is 4.12. The summed E-state index contributed by atoms with van der Waals surface area (Å²) >= 11 is 4.64. The van der Waals surface area contributed by atoms with Gasteiger partial charge in [-0.2, -0.15) is 13.2 Å². The topological polar surface area (TPSA) is 35.5 Å². The summed E-state index contributed by atoms with van der Waals surface area (Å²) in [6.07, 6.45) is -4.10. The highest BCUT2D eigenvalue weighted by Crippen LogP contribution is 2.36. The Bertz CT molecular complexity index is 302. The molecule has 7 heteroatoms. The second-order valence-corrected chi connectivity index (χ2v) is 3.43. The maximum atomic E-state index is 12.5. The van der Waals surface area contributed by atoms with Gasteiger partial charge in [0.2, 0.25) is 0 Å². The highest BCUT2D eigenvalue weighted by Gasteiger charge is 2.57. The van der Waals surface area contributed by atoms with Crippen LogP contribution in [0.15, 0.2) is 11.8 Å². The minimum absolute atomic E-state index is 0.162. The molecule has 80 valence electrons. The van der Waals surface area contributed by atoms with Gasteiger partial charge in [-0.1, -0.05) is 0 Å². The number of aliphatic hydroxyl groups is 1. The molecular weight excluding hydrogens is 217 g/mol. The van der Waals surface area contributed by atoms with Crippen molar-refractivity contribution in [2.45, 2.75) is 18.8 Å². The number of rotatable bonds is 0. The van der Waals surface area contributed by atoms with E-state index >= 15 is 0 Å². The largest absolute Gasteiger partial charge is 0.440 e. The summed E-state index contributed by atoms with van der Waals surface area (Å²) in [6, 6.07) is 0. The number of hydrogen-bond donors (Lipinski definition) is 2. The Morgan fingerprint density at radius 3 is 2.50 bits per heavy atom. The van der Waals surface area contributed by atoms with E-state index in [1.807, 2.05) is 0 Å². The number of thiocarbonyl (C=S) groups is 1. The molecule has 0 saturated heterocycles. The molecule has 0 bridgehead atoms. The zero-order chi connectivity index (χ0) is 11.1. The van der Waals surface area contributed by atoms with Crippen molar-refractivity contribution in [3.8, 4) is 0 Å². The van der Waals surface area contributed by atoms with Crippen LogP contribution in [0.2, 0.25) is 0 Å². The third kappa shape index (κ3) is 1.57. The van der Waals surface area contributed by atoms with Gasteiger partial charge in [-0.25, -0.2) is 0 Å². The van der Waals surface area contributed by atoms with Gasteiger partial charge in [0, 0.05) is 12.7 Å². The molecule has 0 aromatic rings. The van der Waals surface area contributed by atoms with Crippen LogP contribution in [-0.4, -0.2) is 34.1 Å². The summed E-state index contributed by atoms with van der Waals surface area (Å²) in [5.74, 6) is 0. The summed E-state index contributed by atoms with van der Waals surface area (Å²) in [7, 11) is 1.08. The summed E-state index contributed by atoms with van der Waals surface area (Å²) in [5.41, 5.74) is -2.84. The first-order chi connectivity index (χ1) is 6.18. The molecule has 0 amide bonds. The molecule has 1 aliphatic rings. The number of alkyl halides is 3. The molecular formula is C7H9F3N2OS. The van der Waals surface area contributed by atoms with Crippen molar-refractivity contribution in [1.82, 2.24) is 10.2 Å². The molecule has 2 N–H and O–H groups in total. The summed E-state index contributed by atoms with van der Waals surface area (Å²) < 4.78 is 37.5. The van der Waals surface area contributed by atoms with E-state index in [-0.39, 0.29) is 10.8 Å². The Balaban J connectivity index is 3.19. The van der Waals surface area contributed by atoms with E-state index < -0.39 is 11.9 Å². The van der Waals surface area contributed by atoms with E-state index in [0.717, 1.165) is 7.05 Å². The van der Waals surface area contributed by atoms with Gasteiger partial charge in [0.05, 0.1) is 0 Å². The number of halogens is 3. The van der Waals surface area contributed by atoms with Crippen LogP contribution in [0.1, 0.15) is 6.92 Å². The quantitative estimate of drug-likeness (QED) is 0.603. The molecule has 0 aliphatic carbocycles. The van der Waals surface area contributed by atoms with E-state index in [0.29, 0.717) is 11.0 Å². The molecule has 1 aliphatic heterocycles. The van der Waals surface area contributed by atoms with Crippen molar-refractivity contribution in [2.24, 2.45) is 0 Å². The van der Waals surface area contributed by atoms with Crippen molar-refractivity contribution < 1.29 is 18.3 Å². The van der Waals surface area contributed by atoms with Crippen LogP contribution in [0.25, 0.3) is 0 Å². The summed E-state index contributed by atoms with van der Waals surface area (Å²) in [5, 5.41) is 11.8. The maximum absolute atomic E-state index is 12.5. The predicted octanol–water partition coefficient (Wildman–Crippen LogP) is 0.961. The fraction of sp³-hybridized carbons (Fsp3) is 0.571. The van der Waals surface area contributed by atoms with Gasteiger partial charge < -0.3 is 15.3 Å². The molecule has 1 unspecified atom stereocenters. The van der Waals surface area contributed by atoms with Gasteiger partial charge in [0.25, 0.3) is 5.72 Å². The lowest BCUT2D eigenvalue weighted by Gasteiger charge is -2.41. The highest BCUT2D eigenvalue weighted by atomic mass is 32.1. The van der Waals surface area contributed by atoms with E-state index in [2.05, 4.69) is 17.5 Å². The third-order valence-electron chi connectivity index (χ3n) is 1.96. The molecule has 0 spiro atoms. The van der Waals surface area contributed by atoms with Crippen molar-refractivity contribution in [2.75, 3.05) is 7.05 Å². The van der Waals surface area contributed by atoms with Crippen molar-refractivity contribution in [1.29, 1.82) is 0 Å². The first kappa shape index (κ1) is 11.3. The van der Waals surface area contributed by atoms with E-state index in [9.17, 15) is 18.3 Å². The number of nitrogens with zero attached hydrogens (tertiary/aromatic N) is 1. The number of hydrogen-bond acceptors (Lipinski definition) is 2. The number of nitrogens with one attached hydrogen (secondary N) is 1. The second kappa shape index (κ2) is 3.09. The van der Waals surface area contributed by atoms with Gasteiger partial charge in [-0.15, -0.1) is 0 Å². The lowest BCUT2D eigenvalue weighted by Crippen LogP contribution is -2.62. The molecule has 0 aromatic heterocycles. The standard InChI is InChI=1S/C7H9F3N2OS/c1-4-3-6(13,7(8,9)10)12(2)5(14)11-4/h3,13H,1-2H3,(H,11,14). The predicted molar refractivity (Wildman–Crippen MR) is 48.3 cm³/mol. The molecule has 0 aromatic carbocycles. The van der Waals surface area contributed by atoms with Gasteiger partial charge in [0.15, 0.2) is 5.11 Å². The van der Waals surface area contributed by atoms with Crippen LogP contribution in [0.4, 0.5) is 13.2 Å². The Labute approximate surface area is 84.2 Å². The molecule has 3 nitrogen and oxygen atoms in total. The molecule has 1 rings (SSSR count). The average molecular weight is 226 g/mol. The molecule has 0 fully saturated rings. The second-order valence-electron chi connectivity index (χ2n) is 3.04. The van der Waals surface area contributed by atoms with Gasteiger partial charge in [0.1, 0.15) is 0 Å². The SMILES string of the molecule is CC1=CC(O)(C(F)(F)F)N(C)C(=S)N1. The van der Waals surface area contributed by atoms with Gasteiger partial charge >= 0.3 is 6.18 Å². The Morgan fingerprint density at radius 2 is 2.07 bits per heavy atom. The Morgan fingerprint density at radius 1 is 1.57 bits per heavy atom. The van der Waals surface area contributed by atoms with Crippen LogP contribution in [0.3, 0.4) is 0 Å². The van der Waals surface area contributed by atoms with Crippen LogP contribution < -0.4 is 5.32 Å². The van der Waals surface area contributed by atoms with Gasteiger partial charge in [-0.05, 0) is 25.2 Å². The Hall–Kier alpha value is -0.820. The minimum Gasteiger partial charge on any atom is -0.360 e. The average Bonchev–Trinajstić information content (AvgIpc) is 1.97. The molecule has 0 saturated carbocycles. The van der Waals surface area contributed by atoms with E-state index in [1.54, 1.807) is 0 Å². The van der Waals surface area contributed by atoms with Crippen LogP contribution in [0.5, 0.6) is 0 Å². The van der Waals surface area contributed by atoms with Crippen LogP contribution in [0, 0.1) is 0 Å². The number of likely N-dealkylation sites (N-methyl/N-ethyl adjacent to an activating group) is 1. The molecule has 1 heterocycles. The summed E-state index contributed by atoms with van der Waals surface area (Å²) in [4.78, 5) is 0.565. The fourth-order valence-corrected chi connectivity index (χ4v) is 1.41. The van der Waals surface area contributed by atoms with Gasteiger partial charge in [-0.3, -0.25) is 0 Å². The molecule has 14 heavy (non-hydrogen) atoms.